The molecule has 0 bridgehead atoms. The molecule has 0 fully saturated rings. The van der Waals surface area contributed by atoms with E-state index in [1.165, 1.54) is 16.7 Å². The quantitative estimate of drug-likeness (QED) is 0.753. The number of rotatable bonds is 8. The fourth-order valence-corrected chi connectivity index (χ4v) is 3.74. The summed E-state index contributed by atoms with van der Waals surface area (Å²) in [5.41, 5.74) is 9.86. The molecule has 3 rings (SSSR count). The Hall–Kier alpha value is -2.17. The van der Waals surface area contributed by atoms with Gasteiger partial charge in [-0.25, -0.2) is 0 Å². The van der Waals surface area contributed by atoms with E-state index < -0.39 is 0 Å². The minimum atomic E-state index is -0.350. The lowest BCUT2D eigenvalue weighted by Gasteiger charge is -2.22. The molecule has 0 saturated carbocycles. The van der Waals surface area contributed by atoms with Crippen LogP contribution in [0.2, 0.25) is 0 Å². The summed E-state index contributed by atoms with van der Waals surface area (Å²) < 4.78 is 5.97. The monoisotopic (exact) mass is 380 g/mol. The Morgan fingerprint density at radius 3 is 2.68 bits per heavy atom. The first-order chi connectivity index (χ1) is 13.5. The first kappa shape index (κ1) is 20.6. The van der Waals surface area contributed by atoms with E-state index in [4.69, 9.17) is 10.5 Å². The van der Waals surface area contributed by atoms with Crippen molar-refractivity contribution in [1.82, 2.24) is 4.90 Å². The number of nitrogens with zero attached hydrogens (tertiary/aromatic N) is 1. The van der Waals surface area contributed by atoms with Crippen LogP contribution in [0.1, 0.15) is 43.4 Å². The molecular weight excluding hydrogens is 348 g/mol. The van der Waals surface area contributed by atoms with Crippen LogP contribution in [-0.2, 0) is 24.4 Å². The number of Topliss-reactive ketones (excluding diaryl/α,β-unsaturated/α-hetero) is 1. The zero-order valence-electron chi connectivity index (χ0n) is 17.1. The third-order valence-corrected chi connectivity index (χ3v) is 5.26. The van der Waals surface area contributed by atoms with Gasteiger partial charge in [0.1, 0.15) is 12.4 Å². The molecule has 0 spiro atoms. The summed E-state index contributed by atoms with van der Waals surface area (Å²) in [6.45, 7) is 6.95. The number of fused-ring (bicyclic) bond motifs is 1. The van der Waals surface area contributed by atoms with Crippen molar-refractivity contribution < 1.29 is 9.53 Å². The minimum absolute atomic E-state index is 0.153. The predicted octanol–water partition coefficient (Wildman–Crippen LogP) is 3.96. The molecule has 0 amide bonds. The fourth-order valence-electron chi connectivity index (χ4n) is 3.74. The van der Waals surface area contributed by atoms with E-state index in [0.29, 0.717) is 19.1 Å². The Kier molecular flexibility index (Phi) is 7.24. The second kappa shape index (κ2) is 9.85. The van der Waals surface area contributed by atoms with Crippen LogP contribution >= 0.6 is 0 Å². The average molecular weight is 381 g/mol. The van der Waals surface area contributed by atoms with Gasteiger partial charge in [-0.15, -0.1) is 0 Å². The van der Waals surface area contributed by atoms with Crippen LogP contribution in [0.5, 0.6) is 5.75 Å². The number of hydrogen-bond donors (Lipinski definition) is 1. The summed E-state index contributed by atoms with van der Waals surface area (Å²) in [6, 6.07) is 16.2. The lowest BCUT2D eigenvalue weighted by Crippen LogP contribution is -2.40. The van der Waals surface area contributed by atoms with Gasteiger partial charge in [0, 0.05) is 6.54 Å². The van der Waals surface area contributed by atoms with Crippen molar-refractivity contribution in [1.29, 1.82) is 0 Å². The van der Waals surface area contributed by atoms with Gasteiger partial charge in [-0.1, -0.05) is 50.2 Å². The second-order valence-electron chi connectivity index (χ2n) is 8.22. The summed E-state index contributed by atoms with van der Waals surface area (Å²) in [4.78, 5) is 14.7. The van der Waals surface area contributed by atoms with Gasteiger partial charge in [-0.05, 0) is 60.5 Å². The number of aryl methyl sites for hydroxylation is 1. The molecule has 2 aromatic rings. The fraction of sp³-hybridized carbons (Fsp3) is 0.458. The van der Waals surface area contributed by atoms with Gasteiger partial charge in [0.15, 0.2) is 5.78 Å². The molecule has 0 aromatic heterocycles. The van der Waals surface area contributed by atoms with E-state index in [-0.39, 0.29) is 11.8 Å². The van der Waals surface area contributed by atoms with E-state index in [0.717, 1.165) is 38.1 Å². The highest BCUT2D eigenvalue weighted by atomic mass is 16.5. The van der Waals surface area contributed by atoms with Crippen molar-refractivity contribution in [2.45, 2.75) is 52.3 Å². The van der Waals surface area contributed by atoms with Gasteiger partial charge in [0.05, 0.1) is 12.6 Å². The number of ether oxygens (including phenoxy) is 1. The maximum Gasteiger partial charge on any atom is 0.163 e. The normalized spacial score (nSPS) is 15.7. The zero-order chi connectivity index (χ0) is 19.9. The highest BCUT2D eigenvalue weighted by Gasteiger charge is 2.21. The molecule has 28 heavy (non-hydrogen) atoms. The molecule has 0 aliphatic carbocycles. The van der Waals surface area contributed by atoms with Crippen molar-refractivity contribution in [3.63, 3.8) is 0 Å². The molecule has 1 atom stereocenters. The predicted molar refractivity (Wildman–Crippen MR) is 113 cm³/mol. The first-order valence-corrected chi connectivity index (χ1v) is 10.3. The Balaban J connectivity index is 1.59. The highest BCUT2D eigenvalue weighted by Crippen LogP contribution is 2.24. The number of ketones is 1. The molecular formula is C24H32N2O2. The lowest BCUT2D eigenvalue weighted by atomic mass is 10.0. The Morgan fingerprint density at radius 1 is 1.14 bits per heavy atom. The van der Waals surface area contributed by atoms with Crippen molar-refractivity contribution >= 4 is 5.78 Å². The van der Waals surface area contributed by atoms with E-state index in [1.54, 1.807) is 0 Å². The molecule has 4 nitrogen and oxygen atoms in total. The van der Waals surface area contributed by atoms with Gasteiger partial charge < -0.3 is 10.5 Å². The molecule has 1 unspecified atom stereocenters. The molecule has 1 aliphatic heterocycles. The van der Waals surface area contributed by atoms with Crippen LogP contribution < -0.4 is 10.5 Å². The average Bonchev–Trinajstić information content (AvgIpc) is 2.87. The van der Waals surface area contributed by atoms with Crippen molar-refractivity contribution in [2.75, 3.05) is 13.1 Å². The summed E-state index contributed by atoms with van der Waals surface area (Å²) in [5.74, 6) is 1.50. The van der Waals surface area contributed by atoms with Crippen LogP contribution in [0.3, 0.4) is 0 Å². The standard InChI is InChI=1S/C24H32N2O2/c1-18(2)13-23(25)24(27)16-26-12-6-9-20-14-22(11-10-21(20)15-26)28-17-19-7-4-3-5-8-19/h3-5,7-8,10-11,14,18,23H,6,9,12-13,15-17,25H2,1-2H3. The summed E-state index contributed by atoms with van der Waals surface area (Å²) in [5, 5.41) is 0. The maximum atomic E-state index is 12.5. The van der Waals surface area contributed by atoms with Crippen molar-refractivity contribution in [3.05, 3.63) is 65.2 Å². The Labute approximate surface area is 168 Å². The number of benzene rings is 2. The molecule has 0 saturated heterocycles. The molecule has 150 valence electrons. The van der Waals surface area contributed by atoms with Crippen LogP contribution in [0.25, 0.3) is 0 Å². The molecule has 1 aliphatic rings. The van der Waals surface area contributed by atoms with Crippen molar-refractivity contribution in [3.8, 4) is 5.75 Å². The Bertz CT molecular complexity index is 773. The van der Waals surface area contributed by atoms with E-state index >= 15 is 0 Å². The molecule has 2 N–H and O–H groups in total. The van der Waals surface area contributed by atoms with Gasteiger partial charge in [0.2, 0.25) is 0 Å². The summed E-state index contributed by atoms with van der Waals surface area (Å²) >= 11 is 0. The number of carbonyl (C=O) groups excluding carboxylic acids is 1. The zero-order valence-corrected chi connectivity index (χ0v) is 17.1. The second-order valence-corrected chi connectivity index (χ2v) is 8.22. The van der Waals surface area contributed by atoms with Crippen LogP contribution in [0.15, 0.2) is 48.5 Å². The van der Waals surface area contributed by atoms with Gasteiger partial charge >= 0.3 is 0 Å². The summed E-state index contributed by atoms with van der Waals surface area (Å²) in [6.07, 6.45) is 2.81. The number of carbonyl (C=O) groups is 1. The SMILES string of the molecule is CC(C)CC(N)C(=O)CN1CCCc2cc(OCc3ccccc3)ccc2C1. The van der Waals surface area contributed by atoms with Crippen LogP contribution in [0, 0.1) is 5.92 Å². The van der Waals surface area contributed by atoms with E-state index in [2.05, 4.69) is 43.0 Å². The Morgan fingerprint density at radius 2 is 1.93 bits per heavy atom. The largest absolute Gasteiger partial charge is 0.489 e. The third kappa shape index (κ3) is 5.91. The molecule has 2 aromatic carbocycles. The topological polar surface area (TPSA) is 55.6 Å². The van der Waals surface area contributed by atoms with Crippen LogP contribution in [-0.4, -0.2) is 29.8 Å². The number of hydrogen-bond acceptors (Lipinski definition) is 4. The van der Waals surface area contributed by atoms with Crippen LogP contribution in [0.4, 0.5) is 0 Å². The molecule has 4 heteroatoms. The van der Waals surface area contributed by atoms with Gasteiger partial charge in [0.25, 0.3) is 0 Å². The lowest BCUT2D eigenvalue weighted by molar-refractivity contribution is -0.121. The minimum Gasteiger partial charge on any atom is -0.489 e. The smallest absolute Gasteiger partial charge is 0.163 e. The third-order valence-electron chi connectivity index (χ3n) is 5.26. The van der Waals surface area contributed by atoms with E-state index in [1.807, 2.05) is 24.3 Å². The van der Waals surface area contributed by atoms with Gasteiger partial charge in [-0.2, -0.15) is 0 Å². The molecule has 0 radical (unpaired) electrons. The van der Waals surface area contributed by atoms with E-state index in [9.17, 15) is 4.79 Å². The highest BCUT2D eigenvalue weighted by molar-refractivity contribution is 5.85. The first-order valence-electron chi connectivity index (χ1n) is 10.3. The number of nitrogens with two attached hydrogens (primary N) is 1. The maximum absolute atomic E-state index is 12.5. The summed E-state index contributed by atoms with van der Waals surface area (Å²) in [7, 11) is 0. The molecule has 1 heterocycles. The van der Waals surface area contributed by atoms with Crippen molar-refractivity contribution in [2.24, 2.45) is 11.7 Å². The van der Waals surface area contributed by atoms with Gasteiger partial charge in [-0.3, -0.25) is 9.69 Å².